The molecule has 0 aliphatic heterocycles. The summed E-state index contributed by atoms with van der Waals surface area (Å²) in [6, 6.07) is 9.74. The molecule has 6 nitrogen and oxygen atoms in total. The minimum absolute atomic E-state index is 0.370. The van der Waals surface area contributed by atoms with Crippen molar-refractivity contribution in [3.05, 3.63) is 57.8 Å². The van der Waals surface area contributed by atoms with Gasteiger partial charge in [-0.1, -0.05) is 12.1 Å². The van der Waals surface area contributed by atoms with Gasteiger partial charge >= 0.3 is 5.69 Å². The van der Waals surface area contributed by atoms with Crippen LogP contribution < -0.4 is 11.0 Å². The van der Waals surface area contributed by atoms with Crippen LogP contribution in [-0.2, 0) is 4.79 Å². The molecule has 0 aliphatic carbocycles. The topological polar surface area (TPSA) is 87.8 Å². The zero-order valence-corrected chi connectivity index (χ0v) is 12.6. The van der Waals surface area contributed by atoms with Crippen LogP contribution in [0.3, 0.4) is 0 Å². The second kappa shape index (κ2) is 6.22. The molecule has 1 amide bonds. The Morgan fingerprint density at radius 2 is 2.05 bits per heavy atom. The maximum absolute atomic E-state index is 12.4. The van der Waals surface area contributed by atoms with E-state index >= 15 is 0 Å². The van der Waals surface area contributed by atoms with Crippen LogP contribution in [-0.4, -0.2) is 15.5 Å². The fourth-order valence-corrected chi connectivity index (χ4v) is 2.27. The van der Waals surface area contributed by atoms with Crippen LogP contribution in [0.5, 0.6) is 0 Å². The molecular formula is C16H16N4O2. The lowest BCUT2D eigenvalue weighted by Crippen LogP contribution is -2.34. The number of benzene rings is 1. The lowest BCUT2D eigenvalue weighted by molar-refractivity contribution is -0.118. The molecule has 0 fully saturated rings. The van der Waals surface area contributed by atoms with Crippen molar-refractivity contribution in [3.8, 4) is 6.07 Å². The van der Waals surface area contributed by atoms with E-state index in [1.807, 2.05) is 6.07 Å². The average molecular weight is 296 g/mol. The number of carbonyl (C=O) groups is 1. The molecule has 22 heavy (non-hydrogen) atoms. The Bertz CT molecular complexity index is 818. The molecule has 0 radical (unpaired) electrons. The molecule has 0 aliphatic rings. The second-order valence-electron chi connectivity index (χ2n) is 5.01. The van der Waals surface area contributed by atoms with Crippen molar-refractivity contribution in [3.63, 3.8) is 0 Å². The highest BCUT2D eigenvalue weighted by atomic mass is 16.2. The zero-order chi connectivity index (χ0) is 16.3. The Balaban J connectivity index is 2.31. The van der Waals surface area contributed by atoms with Crippen LogP contribution in [0.1, 0.15) is 29.9 Å². The lowest BCUT2D eigenvalue weighted by Gasteiger charge is -2.17. The highest BCUT2D eigenvalue weighted by Crippen LogP contribution is 2.16. The van der Waals surface area contributed by atoms with Crippen LogP contribution >= 0.6 is 0 Å². The highest BCUT2D eigenvalue weighted by Gasteiger charge is 2.19. The summed E-state index contributed by atoms with van der Waals surface area (Å²) in [6.45, 7) is 5.10. The van der Waals surface area contributed by atoms with Crippen molar-refractivity contribution in [1.82, 2.24) is 9.55 Å². The van der Waals surface area contributed by atoms with Crippen molar-refractivity contribution in [2.45, 2.75) is 26.8 Å². The monoisotopic (exact) mass is 296 g/mol. The van der Waals surface area contributed by atoms with Gasteiger partial charge in [0.25, 0.3) is 0 Å². The zero-order valence-electron chi connectivity index (χ0n) is 12.6. The van der Waals surface area contributed by atoms with E-state index in [0.717, 1.165) is 0 Å². The van der Waals surface area contributed by atoms with E-state index < -0.39 is 11.7 Å². The summed E-state index contributed by atoms with van der Waals surface area (Å²) in [7, 11) is 0. The van der Waals surface area contributed by atoms with Crippen LogP contribution in [0.2, 0.25) is 0 Å². The minimum Gasteiger partial charge on any atom is -0.323 e. The third-order valence-corrected chi connectivity index (χ3v) is 3.35. The average Bonchev–Trinajstić information content (AvgIpc) is 2.46. The van der Waals surface area contributed by atoms with Crippen molar-refractivity contribution in [2.75, 3.05) is 5.32 Å². The largest absolute Gasteiger partial charge is 0.348 e. The Kier molecular flexibility index (Phi) is 4.37. The first-order valence-electron chi connectivity index (χ1n) is 6.81. The van der Waals surface area contributed by atoms with Gasteiger partial charge in [0.1, 0.15) is 12.1 Å². The predicted octanol–water partition coefficient (Wildman–Crippen LogP) is 1.93. The van der Waals surface area contributed by atoms with Crippen LogP contribution in [0.15, 0.2) is 35.1 Å². The molecule has 0 spiro atoms. The molecule has 1 unspecified atom stereocenters. The molecule has 0 saturated carbocycles. The van der Waals surface area contributed by atoms with E-state index in [1.54, 1.807) is 51.1 Å². The number of rotatable bonds is 3. The molecule has 1 atom stereocenters. The number of nitriles is 1. The van der Waals surface area contributed by atoms with E-state index in [1.165, 1.54) is 4.57 Å². The number of carbonyl (C=O) groups excluding carboxylic acids is 1. The molecule has 1 heterocycles. The Morgan fingerprint density at radius 3 is 2.68 bits per heavy atom. The number of hydrogen-bond acceptors (Lipinski definition) is 4. The van der Waals surface area contributed by atoms with Crippen molar-refractivity contribution in [1.29, 1.82) is 5.26 Å². The summed E-state index contributed by atoms with van der Waals surface area (Å²) >= 11 is 0. The van der Waals surface area contributed by atoms with E-state index in [-0.39, 0.29) is 5.91 Å². The first-order valence-corrected chi connectivity index (χ1v) is 6.81. The first kappa shape index (κ1) is 15.4. The third-order valence-electron chi connectivity index (χ3n) is 3.35. The van der Waals surface area contributed by atoms with Gasteiger partial charge in [0.2, 0.25) is 5.91 Å². The summed E-state index contributed by atoms with van der Waals surface area (Å²) in [5, 5.41) is 11.7. The first-order chi connectivity index (χ1) is 10.4. The van der Waals surface area contributed by atoms with E-state index in [0.29, 0.717) is 22.6 Å². The number of aryl methyl sites for hydroxylation is 2. The van der Waals surface area contributed by atoms with Gasteiger partial charge in [0.15, 0.2) is 0 Å². The van der Waals surface area contributed by atoms with Crippen LogP contribution in [0.4, 0.5) is 5.69 Å². The van der Waals surface area contributed by atoms with Gasteiger partial charge in [0.05, 0.1) is 11.3 Å². The normalized spacial score (nSPS) is 11.5. The minimum atomic E-state index is -0.729. The molecule has 2 aromatic rings. The summed E-state index contributed by atoms with van der Waals surface area (Å²) < 4.78 is 1.33. The van der Waals surface area contributed by atoms with Gasteiger partial charge in [-0.2, -0.15) is 10.2 Å². The van der Waals surface area contributed by atoms with Crippen molar-refractivity contribution >= 4 is 11.6 Å². The number of para-hydroxylation sites is 1. The maximum Gasteiger partial charge on any atom is 0.348 e. The number of aromatic nitrogens is 2. The van der Waals surface area contributed by atoms with Gasteiger partial charge in [0, 0.05) is 11.4 Å². The number of amides is 1. The SMILES string of the molecule is Cc1cc(C)n(C(C)C(=O)Nc2ccccc2C#N)c(=O)n1. The molecule has 112 valence electrons. The maximum atomic E-state index is 12.4. The van der Waals surface area contributed by atoms with Crippen molar-refractivity contribution < 1.29 is 4.79 Å². The molecule has 6 heteroatoms. The smallest absolute Gasteiger partial charge is 0.323 e. The molecule has 1 aromatic carbocycles. The molecule has 2 rings (SSSR count). The fraction of sp³-hybridized carbons (Fsp3) is 0.250. The number of nitrogens with one attached hydrogen (secondary N) is 1. The number of hydrogen-bond donors (Lipinski definition) is 1. The van der Waals surface area contributed by atoms with Gasteiger partial charge in [-0.3, -0.25) is 9.36 Å². The van der Waals surface area contributed by atoms with Gasteiger partial charge in [-0.05, 0) is 39.0 Å². The van der Waals surface area contributed by atoms with Gasteiger partial charge < -0.3 is 5.32 Å². The van der Waals surface area contributed by atoms with Crippen LogP contribution in [0, 0.1) is 25.2 Å². The predicted molar refractivity (Wildman–Crippen MR) is 82.5 cm³/mol. The van der Waals surface area contributed by atoms with Gasteiger partial charge in [-0.15, -0.1) is 0 Å². The standard InChI is InChI=1S/C16H16N4O2/c1-10-8-11(2)20(16(22)18-10)12(3)15(21)19-14-7-5-4-6-13(14)9-17/h4-8,12H,1-3H3,(H,19,21). The molecule has 1 aromatic heterocycles. The quantitative estimate of drug-likeness (QED) is 0.937. The van der Waals surface area contributed by atoms with E-state index in [9.17, 15) is 9.59 Å². The molecular weight excluding hydrogens is 280 g/mol. The Hall–Kier alpha value is -2.94. The van der Waals surface area contributed by atoms with E-state index in [2.05, 4.69) is 10.3 Å². The third kappa shape index (κ3) is 3.04. The summed E-state index contributed by atoms with van der Waals surface area (Å²) in [5.41, 5.74) is 1.60. The second-order valence-corrected chi connectivity index (χ2v) is 5.01. The summed E-state index contributed by atoms with van der Waals surface area (Å²) in [6.07, 6.45) is 0. The Labute approximate surface area is 128 Å². The van der Waals surface area contributed by atoms with Crippen molar-refractivity contribution in [2.24, 2.45) is 0 Å². The number of nitrogens with zero attached hydrogens (tertiary/aromatic N) is 3. The fourth-order valence-electron chi connectivity index (χ4n) is 2.27. The van der Waals surface area contributed by atoms with E-state index in [4.69, 9.17) is 5.26 Å². The van der Waals surface area contributed by atoms with Crippen LogP contribution in [0.25, 0.3) is 0 Å². The molecule has 0 saturated heterocycles. The van der Waals surface area contributed by atoms with Gasteiger partial charge in [-0.25, -0.2) is 4.79 Å². The lowest BCUT2D eigenvalue weighted by atomic mass is 10.2. The molecule has 1 N–H and O–H groups in total. The summed E-state index contributed by atoms with van der Waals surface area (Å²) in [5.74, 6) is -0.376. The Morgan fingerprint density at radius 1 is 1.36 bits per heavy atom. The number of anilines is 1. The molecule has 0 bridgehead atoms. The highest BCUT2D eigenvalue weighted by molar-refractivity contribution is 5.94. The summed E-state index contributed by atoms with van der Waals surface area (Å²) in [4.78, 5) is 28.2.